The van der Waals surface area contributed by atoms with Crippen molar-refractivity contribution < 1.29 is 4.79 Å². The minimum Gasteiger partial charge on any atom is -0.352 e. The van der Waals surface area contributed by atoms with Crippen LogP contribution in [0.1, 0.15) is 0 Å². The van der Waals surface area contributed by atoms with Gasteiger partial charge in [0.1, 0.15) is 0 Å². The summed E-state index contributed by atoms with van der Waals surface area (Å²) in [4.78, 5) is 19.5. The first kappa shape index (κ1) is 8.16. The number of halogens is 1. The largest absolute Gasteiger partial charge is 0.352 e. The van der Waals surface area contributed by atoms with Crippen LogP contribution in [0.25, 0.3) is 0 Å². The molecule has 0 radical (unpaired) electrons. The van der Waals surface area contributed by atoms with Gasteiger partial charge in [-0.05, 0) is 5.18 Å². The second kappa shape index (κ2) is 4.08. The molecular weight excluding hydrogens is 146 g/mol. The Morgan fingerprint density at radius 2 is 2.44 bits per heavy atom. The second-order valence-corrected chi connectivity index (χ2v) is 1.79. The van der Waals surface area contributed by atoms with Crippen molar-refractivity contribution in [2.24, 2.45) is 10.9 Å². The fourth-order valence-electron chi connectivity index (χ4n) is 0.222. The fourth-order valence-corrected chi connectivity index (χ4v) is 0.299. The lowest BCUT2D eigenvalue weighted by Gasteiger charge is -1.98. The number of primary amides is 1. The van der Waals surface area contributed by atoms with Gasteiger partial charge in [-0.2, -0.15) is 0 Å². The summed E-state index contributed by atoms with van der Waals surface area (Å²) in [6.07, 6.45) is 0. The summed E-state index contributed by atoms with van der Waals surface area (Å²) in [6, 6.07) is -0.718. The maximum Gasteiger partial charge on any atom is 0.312 e. The van der Waals surface area contributed by atoms with Gasteiger partial charge in [0.2, 0.25) is 0 Å². The van der Waals surface area contributed by atoms with Gasteiger partial charge in [0, 0.05) is 0 Å². The Morgan fingerprint density at radius 3 is 2.78 bits per heavy atom. The van der Waals surface area contributed by atoms with E-state index in [0.717, 1.165) is 0 Å². The van der Waals surface area contributed by atoms with Crippen LogP contribution < -0.4 is 11.1 Å². The zero-order chi connectivity index (χ0) is 7.28. The highest BCUT2D eigenvalue weighted by atomic mass is 35.5. The van der Waals surface area contributed by atoms with Gasteiger partial charge >= 0.3 is 6.03 Å². The van der Waals surface area contributed by atoms with Gasteiger partial charge in [0.05, 0.1) is 6.54 Å². The number of nitroso groups, excluding NO2 is 1. The van der Waals surface area contributed by atoms with Crippen molar-refractivity contribution in [2.45, 2.75) is 5.50 Å². The Labute approximate surface area is 56.5 Å². The van der Waals surface area contributed by atoms with E-state index in [1.54, 1.807) is 0 Å². The van der Waals surface area contributed by atoms with Crippen LogP contribution in [-0.4, -0.2) is 18.1 Å². The average Bonchev–Trinajstić information content (AvgIpc) is 1.83. The zero-order valence-electron chi connectivity index (χ0n) is 4.50. The molecule has 0 aliphatic carbocycles. The Balaban J connectivity index is 3.26. The standard InChI is InChI=1S/C3H6ClN3O2/c4-2(7-9)1-6-3(5)8/h2H,1H2,(H3,5,6,8). The van der Waals surface area contributed by atoms with Crippen molar-refractivity contribution >= 4 is 17.6 Å². The predicted octanol–water partition coefficient (Wildman–Crippen LogP) is -0.0140. The SMILES string of the molecule is NC(=O)NCC(Cl)N=O. The molecule has 0 spiro atoms. The molecule has 0 heterocycles. The molecule has 52 valence electrons. The molecule has 0 aromatic heterocycles. The summed E-state index contributed by atoms with van der Waals surface area (Å²) >= 11 is 5.16. The average molecular weight is 152 g/mol. The summed E-state index contributed by atoms with van der Waals surface area (Å²) in [5.74, 6) is 0. The number of carbonyl (C=O) groups is 1. The number of nitrogens with zero attached hydrogens (tertiary/aromatic N) is 1. The highest BCUT2D eigenvalue weighted by molar-refractivity contribution is 6.20. The minimum atomic E-state index is -0.933. The van der Waals surface area contributed by atoms with E-state index in [2.05, 4.69) is 16.2 Å². The number of nitrogens with one attached hydrogen (secondary N) is 1. The molecule has 0 bridgehead atoms. The normalized spacial score (nSPS) is 12.1. The predicted molar refractivity (Wildman–Crippen MR) is 33.0 cm³/mol. The number of amides is 2. The third-order valence-corrected chi connectivity index (χ3v) is 0.793. The molecule has 0 saturated heterocycles. The molecule has 0 fully saturated rings. The summed E-state index contributed by atoms with van der Waals surface area (Å²) in [5.41, 5.74) is 3.71. The van der Waals surface area contributed by atoms with Gasteiger partial charge < -0.3 is 11.1 Å². The maximum absolute atomic E-state index is 9.93. The molecule has 0 aliphatic heterocycles. The zero-order valence-corrected chi connectivity index (χ0v) is 5.26. The van der Waals surface area contributed by atoms with E-state index in [4.69, 9.17) is 11.6 Å². The lowest BCUT2D eigenvalue weighted by Crippen LogP contribution is -2.33. The van der Waals surface area contributed by atoms with E-state index in [0.29, 0.717) is 0 Å². The number of urea groups is 1. The minimum absolute atomic E-state index is 0.0274. The van der Waals surface area contributed by atoms with E-state index >= 15 is 0 Å². The molecular formula is C3H6ClN3O2. The quantitative estimate of drug-likeness (QED) is 0.338. The molecule has 3 N–H and O–H groups in total. The molecule has 0 aromatic carbocycles. The molecule has 0 aliphatic rings. The van der Waals surface area contributed by atoms with Crippen LogP contribution in [0.4, 0.5) is 4.79 Å². The third kappa shape index (κ3) is 5.02. The van der Waals surface area contributed by atoms with Crippen LogP contribution in [-0.2, 0) is 0 Å². The fraction of sp³-hybridized carbons (Fsp3) is 0.667. The van der Waals surface area contributed by atoms with Gasteiger partial charge in [-0.15, -0.1) is 4.91 Å². The Morgan fingerprint density at radius 1 is 1.89 bits per heavy atom. The number of hydrogen-bond acceptors (Lipinski definition) is 3. The molecule has 6 heteroatoms. The molecule has 0 aromatic rings. The van der Waals surface area contributed by atoms with E-state index < -0.39 is 11.5 Å². The first-order chi connectivity index (χ1) is 4.16. The summed E-state index contributed by atoms with van der Waals surface area (Å²) in [5, 5.41) is 4.51. The Hall–Kier alpha value is -0.840. The highest BCUT2D eigenvalue weighted by Gasteiger charge is 2.02. The van der Waals surface area contributed by atoms with Crippen LogP contribution >= 0.6 is 11.6 Å². The van der Waals surface area contributed by atoms with Gasteiger partial charge in [-0.25, -0.2) is 4.79 Å². The van der Waals surface area contributed by atoms with Crippen LogP contribution in [0.5, 0.6) is 0 Å². The third-order valence-electron chi connectivity index (χ3n) is 0.559. The Kier molecular flexibility index (Phi) is 3.70. The van der Waals surface area contributed by atoms with Crippen LogP contribution in [0.15, 0.2) is 5.18 Å². The van der Waals surface area contributed by atoms with Gasteiger partial charge in [-0.3, -0.25) is 0 Å². The van der Waals surface area contributed by atoms with Crippen LogP contribution in [0.3, 0.4) is 0 Å². The van der Waals surface area contributed by atoms with Gasteiger partial charge in [-0.1, -0.05) is 11.6 Å². The number of hydrogen-bond donors (Lipinski definition) is 2. The smallest absolute Gasteiger partial charge is 0.312 e. The van der Waals surface area contributed by atoms with Crippen LogP contribution in [0, 0.1) is 4.91 Å². The van der Waals surface area contributed by atoms with Crippen molar-refractivity contribution in [1.29, 1.82) is 0 Å². The van der Waals surface area contributed by atoms with Crippen molar-refractivity contribution in [3.63, 3.8) is 0 Å². The first-order valence-corrected chi connectivity index (χ1v) is 2.60. The number of alkyl halides is 1. The molecule has 5 nitrogen and oxygen atoms in total. The summed E-state index contributed by atoms with van der Waals surface area (Å²) in [7, 11) is 0. The molecule has 1 atom stereocenters. The number of rotatable bonds is 3. The monoisotopic (exact) mass is 151 g/mol. The summed E-state index contributed by atoms with van der Waals surface area (Å²) < 4.78 is 0. The van der Waals surface area contributed by atoms with Gasteiger partial charge in [0.15, 0.2) is 5.50 Å². The molecule has 2 amide bonds. The number of nitrogens with two attached hydrogens (primary N) is 1. The van der Waals surface area contributed by atoms with E-state index in [1.165, 1.54) is 0 Å². The maximum atomic E-state index is 9.93. The molecule has 1 unspecified atom stereocenters. The van der Waals surface area contributed by atoms with Crippen molar-refractivity contribution in [3.05, 3.63) is 4.91 Å². The first-order valence-electron chi connectivity index (χ1n) is 2.16. The Bertz CT molecular complexity index is 118. The lowest BCUT2D eigenvalue weighted by atomic mass is 10.6. The summed E-state index contributed by atoms with van der Waals surface area (Å²) in [6.45, 7) is -0.0274. The topological polar surface area (TPSA) is 84.6 Å². The molecule has 0 saturated carbocycles. The van der Waals surface area contributed by atoms with E-state index in [1.807, 2.05) is 0 Å². The van der Waals surface area contributed by atoms with E-state index in [9.17, 15) is 9.70 Å². The van der Waals surface area contributed by atoms with Crippen molar-refractivity contribution in [2.75, 3.05) is 6.54 Å². The highest BCUT2D eigenvalue weighted by Crippen LogP contribution is 1.92. The van der Waals surface area contributed by atoms with Crippen LogP contribution in [0.2, 0.25) is 0 Å². The second-order valence-electron chi connectivity index (χ2n) is 1.29. The lowest BCUT2D eigenvalue weighted by molar-refractivity contribution is 0.249. The molecule has 9 heavy (non-hydrogen) atoms. The van der Waals surface area contributed by atoms with Crippen molar-refractivity contribution in [3.8, 4) is 0 Å². The van der Waals surface area contributed by atoms with Gasteiger partial charge in [0.25, 0.3) is 0 Å². The van der Waals surface area contributed by atoms with Crippen molar-refractivity contribution in [1.82, 2.24) is 5.32 Å². The van der Waals surface area contributed by atoms with E-state index in [-0.39, 0.29) is 6.54 Å². The molecule has 0 rings (SSSR count). The number of carbonyl (C=O) groups excluding carboxylic acids is 1.